The number of rotatable bonds is 7. The van der Waals surface area contributed by atoms with Crippen LogP contribution in [0.4, 0.5) is 5.69 Å². The van der Waals surface area contributed by atoms with E-state index in [1.54, 1.807) is 41.3 Å². The minimum absolute atomic E-state index is 0.0334. The van der Waals surface area contributed by atoms with Crippen molar-refractivity contribution in [2.24, 2.45) is 0 Å². The number of anilines is 1. The molecule has 2 heterocycles. The number of hydrogen-bond acceptors (Lipinski definition) is 5. The van der Waals surface area contributed by atoms with Gasteiger partial charge in [-0.05, 0) is 54.6 Å². The number of hydrogen-bond donors (Lipinski definition) is 2. The predicted molar refractivity (Wildman–Crippen MR) is 136 cm³/mol. The van der Waals surface area contributed by atoms with Gasteiger partial charge in [0, 0.05) is 49.8 Å². The standard InChI is InChI=1S/C21H18Cl2N3O6PS2/c1-34(30)18-4-6-24-21(12-18)25-7-5-14-8-17(2-3-20(14)25)26(13-33(27,28)29)35(31,32)19-10-15(22)9-16(23)11-19/h2-12H,13H2,1H3,(H2,27,28,29). The van der Waals surface area contributed by atoms with E-state index in [2.05, 4.69) is 4.98 Å². The van der Waals surface area contributed by atoms with E-state index >= 15 is 0 Å². The molecule has 14 heteroatoms. The molecule has 35 heavy (non-hydrogen) atoms. The molecule has 0 saturated carbocycles. The van der Waals surface area contributed by atoms with Crippen molar-refractivity contribution in [1.29, 1.82) is 0 Å². The molecular formula is C21H18Cl2N3O6PS2. The van der Waals surface area contributed by atoms with Crippen LogP contribution in [0.25, 0.3) is 16.7 Å². The largest absolute Gasteiger partial charge is 0.345 e. The van der Waals surface area contributed by atoms with Crippen LogP contribution in [0.5, 0.6) is 0 Å². The Labute approximate surface area is 213 Å². The van der Waals surface area contributed by atoms with Crippen LogP contribution in [0.2, 0.25) is 10.0 Å². The Morgan fingerprint density at radius 2 is 1.74 bits per heavy atom. The maximum atomic E-state index is 13.4. The lowest BCUT2D eigenvalue weighted by Crippen LogP contribution is -2.32. The fourth-order valence-electron chi connectivity index (χ4n) is 3.46. The zero-order valence-electron chi connectivity index (χ0n) is 17.9. The first-order chi connectivity index (χ1) is 16.3. The zero-order chi connectivity index (χ0) is 25.5. The topological polar surface area (TPSA) is 130 Å². The van der Waals surface area contributed by atoms with Gasteiger partial charge in [0.1, 0.15) is 12.1 Å². The first-order valence-corrected chi connectivity index (χ1v) is 15.3. The molecule has 0 aliphatic carbocycles. The summed E-state index contributed by atoms with van der Waals surface area (Å²) in [5.41, 5.74) is 0.686. The van der Waals surface area contributed by atoms with Crippen LogP contribution in [-0.4, -0.2) is 44.5 Å². The normalized spacial score (nSPS) is 13.2. The van der Waals surface area contributed by atoms with Crippen molar-refractivity contribution in [3.05, 3.63) is 77.0 Å². The number of fused-ring (bicyclic) bond motifs is 1. The van der Waals surface area contributed by atoms with Crippen LogP contribution in [0.1, 0.15) is 0 Å². The summed E-state index contributed by atoms with van der Waals surface area (Å²) in [4.78, 5) is 23.8. The molecule has 0 radical (unpaired) electrons. The lowest BCUT2D eigenvalue weighted by atomic mass is 10.2. The second-order valence-electron chi connectivity index (χ2n) is 7.50. The van der Waals surface area contributed by atoms with E-state index in [1.165, 1.54) is 24.4 Å². The van der Waals surface area contributed by atoms with Crippen molar-refractivity contribution in [2.75, 3.05) is 16.8 Å². The van der Waals surface area contributed by atoms with Gasteiger partial charge in [-0.2, -0.15) is 0 Å². The van der Waals surface area contributed by atoms with Crippen molar-refractivity contribution in [1.82, 2.24) is 9.55 Å². The maximum absolute atomic E-state index is 13.4. The molecule has 2 aromatic carbocycles. The van der Waals surface area contributed by atoms with Gasteiger partial charge < -0.3 is 14.4 Å². The number of nitrogens with zero attached hydrogens (tertiary/aromatic N) is 3. The molecule has 9 nitrogen and oxygen atoms in total. The number of benzene rings is 2. The summed E-state index contributed by atoms with van der Waals surface area (Å²) in [6, 6.07) is 13.2. The second kappa shape index (κ2) is 9.67. The average Bonchev–Trinajstić information content (AvgIpc) is 3.19. The van der Waals surface area contributed by atoms with Crippen LogP contribution in [0.3, 0.4) is 0 Å². The summed E-state index contributed by atoms with van der Waals surface area (Å²) in [6.45, 7) is 0. The summed E-state index contributed by atoms with van der Waals surface area (Å²) >= 11 is 11.9. The summed E-state index contributed by atoms with van der Waals surface area (Å²) in [5.74, 6) is 0.508. The molecule has 0 aliphatic rings. The Kier molecular flexibility index (Phi) is 7.14. The molecule has 0 amide bonds. The summed E-state index contributed by atoms with van der Waals surface area (Å²) in [6.07, 6.45) is 3.72. The molecular weight excluding hydrogens is 556 g/mol. The third kappa shape index (κ3) is 5.62. The van der Waals surface area contributed by atoms with Crippen molar-refractivity contribution >= 4 is 68.2 Å². The van der Waals surface area contributed by atoms with E-state index in [9.17, 15) is 27.0 Å². The van der Waals surface area contributed by atoms with Gasteiger partial charge in [-0.3, -0.25) is 13.1 Å². The molecule has 0 saturated heterocycles. The Morgan fingerprint density at radius 1 is 1.06 bits per heavy atom. The van der Waals surface area contributed by atoms with Crippen molar-refractivity contribution in [2.45, 2.75) is 9.79 Å². The molecule has 0 aliphatic heterocycles. The zero-order valence-corrected chi connectivity index (χ0v) is 22.0. The molecule has 4 aromatic rings. The van der Waals surface area contributed by atoms with E-state index < -0.39 is 34.7 Å². The smallest absolute Gasteiger partial charge is 0.323 e. The number of pyridine rings is 1. The van der Waals surface area contributed by atoms with Crippen molar-refractivity contribution < 1.29 is 27.0 Å². The Balaban J connectivity index is 1.83. The summed E-state index contributed by atoms with van der Waals surface area (Å²) in [5, 5.41) is 0.701. The highest BCUT2D eigenvalue weighted by Gasteiger charge is 2.32. The van der Waals surface area contributed by atoms with E-state index in [0.29, 0.717) is 25.9 Å². The van der Waals surface area contributed by atoms with Crippen LogP contribution in [0.15, 0.2) is 76.8 Å². The van der Waals surface area contributed by atoms with Crippen LogP contribution >= 0.6 is 30.8 Å². The third-order valence-electron chi connectivity index (χ3n) is 4.99. The fourth-order valence-corrected chi connectivity index (χ4v) is 7.40. The fraction of sp³-hybridized carbons (Fsp3) is 0.0952. The van der Waals surface area contributed by atoms with Gasteiger partial charge in [0.25, 0.3) is 10.0 Å². The summed E-state index contributed by atoms with van der Waals surface area (Å²) < 4.78 is 52.9. The predicted octanol–water partition coefficient (Wildman–Crippen LogP) is 4.40. The molecule has 0 bridgehead atoms. The molecule has 0 fully saturated rings. The van der Waals surface area contributed by atoms with Gasteiger partial charge in [0.05, 0.1) is 16.1 Å². The molecule has 2 aromatic heterocycles. The highest BCUT2D eigenvalue weighted by atomic mass is 35.5. The van der Waals surface area contributed by atoms with Crippen LogP contribution in [0, 0.1) is 0 Å². The molecule has 1 atom stereocenters. The molecule has 1 unspecified atom stereocenters. The summed E-state index contributed by atoms with van der Waals surface area (Å²) in [7, 11) is -10.5. The first kappa shape index (κ1) is 25.8. The SMILES string of the molecule is CS(=O)c1ccnc(-n2ccc3cc(N(CP(=O)(O)O)S(=O)(=O)c4cc(Cl)cc(Cl)c4)ccc32)c1. The van der Waals surface area contributed by atoms with E-state index in [0.717, 1.165) is 12.1 Å². The van der Waals surface area contributed by atoms with Gasteiger partial charge in [-0.25, -0.2) is 13.4 Å². The van der Waals surface area contributed by atoms with Gasteiger partial charge in [0.2, 0.25) is 0 Å². The molecule has 184 valence electrons. The minimum atomic E-state index is -4.81. The monoisotopic (exact) mass is 573 g/mol. The quantitative estimate of drug-likeness (QED) is 0.313. The van der Waals surface area contributed by atoms with Gasteiger partial charge in [-0.15, -0.1) is 0 Å². The Morgan fingerprint density at radius 3 is 2.37 bits per heavy atom. The van der Waals surface area contributed by atoms with Crippen molar-refractivity contribution in [3.63, 3.8) is 0 Å². The third-order valence-corrected chi connectivity index (χ3v) is 8.94. The minimum Gasteiger partial charge on any atom is -0.323 e. The molecule has 0 spiro atoms. The maximum Gasteiger partial charge on any atom is 0.345 e. The van der Waals surface area contributed by atoms with E-state index in [1.807, 2.05) is 0 Å². The number of aromatic nitrogens is 2. The van der Waals surface area contributed by atoms with Gasteiger partial charge in [0.15, 0.2) is 0 Å². The van der Waals surface area contributed by atoms with E-state index in [4.69, 9.17) is 23.2 Å². The van der Waals surface area contributed by atoms with Crippen molar-refractivity contribution in [3.8, 4) is 5.82 Å². The highest BCUT2D eigenvalue weighted by Crippen LogP contribution is 2.40. The van der Waals surface area contributed by atoms with Gasteiger partial charge >= 0.3 is 7.60 Å². The van der Waals surface area contributed by atoms with E-state index in [-0.39, 0.29) is 20.6 Å². The molecule has 2 N–H and O–H groups in total. The number of sulfonamides is 1. The Hall–Kier alpha value is -2.24. The first-order valence-electron chi connectivity index (χ1n) is 9.79. The number of halogens is 2. The van der Waals surface area contributed by atoms with Crippen LogP contribution in [-0.2, 0) is 25.4 Å². The van der Waals surface area contributed by atoms with Gasteiger partial charge in [-0.1, -0.05) is 23.2 Å². The lowest BCUT2D eigenvalue weighted by Gasteiger charge is -2.25. The highest BCUT2D eigenvalue weighted by molar-refractivity contribution is 7.93. The second-order valence-corrected chi connectivity index (χ2v) is 13.2. The van der Waals surface area contributed by atoms with Crippen LogP contribution < -0.4 is 4.31 Å². The lowest BCUT2D eigenvalue weighted by molar-refractivity contribution is 0.373. The average molecular weight is 574 g/mol. The molecule has 4 rings (SSSR count). The Bertz CT molecular complexity index is 1600.